The molecular formula is C23H29ClN2O3. The van der Waals surface area contributed by atoms with Gasteiger partial charge >= 0.3 is 0 Å². The highest BCUT2D eigenvalue weighted by atomic mass is 35.5. The average molecular weight is 417 g/mol. The molecular weight excluding hydrogens is 388 g/mol. The van der Waals surface area contributed by atoms with E-state index in [1.807, 2.05) is 57.2 Å². The maximum Gasteiger partial charge on any atom is 0.261 e. The largest absolute Gasteiger partial charge is 0.483 e. The molecule has 29 heavy (non-hydrogen) atoms. The van der Waals surface area contributed by atoms with Gasteiger partial charge in [-0.3, -0.25) is 9.59 Å². The molecule has 0 bridgehead atoms. The first-order chi connectivity index (χ1) is 13.8. The van der Waals surface area contributed by atoms with Crippen LogP contribution in [-0.2, 0) is 16.1 Å². The van der Waals surface area contributed by atoms with Crippen LogP contribution in [0, 0.1) is 13.8 Å². The quantitative estimate of drug-likeness (QED) is 0.663. The minimum Gasteiger partial charge on any atom is -0.483 e. The van der Waals surface area contributed by atoms with E-state index in [-0.39, 0.29) is 25.0 Å². The summed E-state index contributed by atoms with van der Waals surface area (Å²) in [6, 6.07) is 12.5. The normalized spacial score (nSPS) is 11.6. The first kappa shape index (κ1) is 22.8. The van der Waals surface area contributed by atoms with Gasteiger partial charge in [0.15, 0.2) is 6.61 Å². The number of nitrogens with one attached hydrogen (secondary N) is 1. The van der Waals surface area contributed by atoms with Crippen LogP contribution in [0.5, 0.6) is 5.75 Å². The summed E-state index contributed by atoms with van der Waals surface area (Å²) in [7, 11) is 0. The zero-order valence-electron chi connectivity index (χ0n) is 17.5. The maximum atomic E-state index is 13.0. The predicted molar refractivity (Wildman–Crippen MR) is 116 cm³/mol. The maximum absolute atomic E-state index is 13.0. The Kier molecular flexibility index (Phi) is 8.52. The minimum absolute atomic E-state index is 0.153. The lowest BCUT2D eigenvalue weighted by atomic mass is 10.1. The number of ether oxygens (including phenoxy) is 1. The Hall–Kier alpha value is -2.53. The van der Waals surface area contributed by atoms with Crippen LogP contribution < -0.4 is 10.1 Å². The fourth-order valence-electron chi connectivity index (χ4n) is 2.97. The number of carbonyl (C=O) groups excluding carboxylic acids is 2. The van der Waals surface area contributed by atoms with E-state index in [0.29, 0.717) is 17.3 Å². The van der Waals surface area contributed by atoms with Crippen LogP contribution in [0.3, 0.4) is 0 Å². The van der Waals surface area contributed by atoms with Gasteiger partial charge < -0.3 is 15.0 Å². The van der Waals surface area contributed by atoms with Gasteiger partial charge in [0.1, 0.15) is 11.8 Å². The van der Waals surface area contributed by atoms with Gasteiger partial charge in [-0.05, 0) is 50.5 Å². The third-order valence-corrected chi connectivity index (χ3v) is 5.07. The smallest absolute Gasteiger partial charge is 0.261 e. The van der Waals surface area contributed by atoms with Gasteiger partial charge in [0, 0.05) is 18.1 Å². The molecule has 156 valence electrons. The lowest BCUT2D eigenvalue weighted by Crippen LogP contribution is -2.49. The van der Waals surface area contributed by atoms with Gasteiger partial charge in [-0.15, -0.1) is 0 Å². The molecule has 0 aromatic heterocycles. The second-order valence-electron chi connectivity index (χ2n) is 7.14. The third-order valence-electron chi connectivity index (χ3n) is 4.70. The molecule has 1 atom stereocenters. The van der Waals surface area contributed by atoms with Crippen molar-refractivity contribution in [1.82, 2.24) is 10.2 Å². The molecule has 2 aromatic rings. The summed E-state index contributed by atoms with van der Waals surface area (Å²) in [5, 5.41) is 3.41. The second kappa shape index (κ2) is 10.9. The van der Waals surface area contributed by atoms with Gasteiger partial charge in [-0.1, -0.05) is 54.4 Å². The van der Waals surface area contributed by atoms with Crippen molar-refractivity contribution in [3.05, 3.63) is 64.2 Å². The number of hydrogen-bond acceptors (Lipinski definition) is 3. The van der Waals surface area contributed by atoms with Crippen LogP contribution in [0.15, 0.2) is 42.5 Å². The summed E-state index contributed by atoms with van der Waals surface area (Å²) in [6.07, 6.45) is 0.826. The Labute approximate surface area is 178 Å². The van der Waals surface area contributed by atoms with Crippen LogP contribution >= 0.6 is 11.6 Å². The van der Waals surface area contributed by atoms with Crippen molar-refractivity contribution >= 4 is 23.4 Å². The van der Waals surface area contributed by atoms with Crippen molar-refractivity contribution in [3.63, 3.8) is 0 Å². The highest BCUT2D eigenvalue weighted by Crippen LogP contribution is 2.21. The molecule has 0 radical (unpaired) electrons. The molecule has 0 aliphatic heterocycles. The summed E-state index contributed by atoms with van der Waals surface area (Å²) >= 11 is 6.28. The number of carbonyl (C=O) groups is 2. The van der Waals surface area contributed by atoms with Gasteiger partial charge in [0.05, 0.1) is 0 Å². The highest BCUT2D eigenvalue weighted by Gasteiger charge is 2.27. The molecule has 0 unspecified atom stereocenters. The number of amides is 2. The van der Waals surface area contributed by atoms with Gasteiger partial charge in [0.2, 0.25) is 5.91 Å². The van der Waals surface area contributed by atoms with Gasteiger partial charge in [0.25, 0.3) is 5.91 Å². The standard InChI is InChI=1S/C23H29ClN2O3/c1-5-12-25-23(28)18(4)26(14-19-8-6-7-9-20(19)24)22(27)15-29-21-11-10-16(2)13-17(21)3/h6-11,13,18H,5,12,14-15H2,1-4H3,(H,25,28)/t18-/m0/s1. The van der Waals surface area contributed by atoms with Crippen molar-refractivity contribution < 1.29 is 14.3 Å². The van der Waals surface area contributed by atoms with Crippen LogP contribution in [0.2, 0.25) is 5.02 Å². The van der Waals surface area contributed by atoms with Crippen molar-refractivity contribution in [3.8, 4) is 5.75 Å². The molecule has 5 nitrogen and oxygen atoms in total. The third kappa shape index (κ3) is 6.50. The van der Waals surface area contributed by atoms with E-state index in [1.54, 1.807) is 13.0 Å². The molecule has 0 fully saturated rings. The molecule has 6 heteroatoms. The van der Waals surface area contributed by atoms with Crippen LogP contribution in [0.25, 0.3) is 0 Å². The Morgan fingerprint density at radius 2 is 1.90 bits per heavy atom. The number of benzene rings is 2. The SMILES string of the molecule is CCCNC(=O)[C@H](C)N(Cc1ccccc1Cl)C(=O)COc1ccc(C)cc1C. The number of nitrogens with zero attached hydrogens (tertiary/aromatic N) is 1. The van der Waals surface area contributed by atoms with E-state index >= 15 is 0 Å². The Bertz CT molecular complexity index is 854. The molecule has 0 saturated heterocycles. The number of halogens is 1. The summed E-state index contributed by atoms with van der Waals surface area (Å²) in [4.78, 5) is 27.0. The number of hydrogen-bond donors (Lipinski definition) is 1. The van der Waals surface area contributed by atoms with Crippen molar-refractivity contribution in [2.45, 2.75) is 46.7 Å². The monoisotopic (exact) mass is 416 g/mol. The van der Waals surface area contributed by atoms with Crippen LogP contribution in [-0.4, -0.2) is 35.9 Å². The summed E-state index contributed by atoms with van der Waals surface area (Å²) < 4.78 is 5.76. The summed E-state index contributed by atoms with van der Waals surface area (Å²) in [5.74, 6) is 0.188. The Morgan fingerprint density at radius 1 is 1.17 bits per heavy atom. The minimum atomic E-state index is -0.645. The molecule has 0 aliphatic rings. The molecule has 1 N–H and O–H groups in total. The fourth-order valence-corrected chi connectivity index (χ4v) is 3.17. The summed E-state index contributed by atoms with van der Waals surface area (Å²) in [5.41, 5.74) is 2.87. The van der Waals surface area contributed by atoms with Crippen LogP contribution in [0.1, 0.15) is 37.0 Å². The first-order valence-corrected chi connectivity index (χ1v) is 10.2. The van der Waals surface area contributed by atoms with Gasteiger partial charge in [-0.25, -0.2) is 0 Å². The Morgan fingerprint density at radius 3 is 2.55 bits per heavy atom. The van der Waals surface area contributed by atoms with Gasteiger partial charge in [-0.2, -0.15) is 0 Å². The van der Waals surface area contributed by atoms with Crippen molar-refractivity contribution in [2.75, 3.05) is 13.2 Å². The molecule has 0 aliphatic carbocycles. The topological polar surface area (TPSA) is 58.6 Å². The predicted octanol–water partition coefficient (Wildman–Crippen LogP) is 4.28. The van der Waals surface area contributed by atoms with E-state index in [4.69, 9.17) is 16.3 Å². The van der Waals surface area contributed by atoms with E-state index in [2.05, 4.69) is 5.32 Å². The zero-order valence-corrected chi connectivity index (χ0v) is 18.3. The molecule has 2 aromatic carbocycles. The lowest BCUT2D eigenvalue weighted by Gasteiger charge is -2.29. The van der Waals surface area contributed by atoms with Crippen molar-refractivity contribution in [1.29, 1.82) is 0 Å². The average Bonchev–Trinajstić information content (AvgIpc) is 2.70. The molecule has 0 heterocycles. The number of rotatable bonds is 9. The Balaban J connectivity index is 2.17. The summed E-state index contributed by atoms with van der Waals surface area (Å²) in [6.45, 7) is 8.29. The lowest BCUT2D eigenvalue weighted by molar-refractivity contribution is -0.142. The highest BCUT2D eigenvalue weighted by molar-refractivity contribution is 6.31. The van der Waals surface area contributed by atoms with Crippen LogP contribution in [0.4, 0.5) is 0 Å². The van der Waals surface area contributed by atoms with E-state index in [1.165, 1.54) is 4.90 Å². The first-order valence-electron chi connectivity index (χ1n) is 9.84. The van der Waals surface area contributed by atoms with E-state index in [0.717, 1.165) is 23.1 Å². The zero-order chi connectivity index (χ0) is 21.4. The fraction of sp³-hybridized carbons (Fsp3) is 0.391. The molecule has 2 amide bonds. The number of aryl methyl sites for hydroxylation is 2. The van der Waals surface area contributed by atoms with E-state index < -0.39 is 6.04 Å². The second-order valence-corrected chi connectivity index (χ2v) is 7.54. The molecule has 2 rings (SSSR count). The molecule has 0 spiro atoms. The van der Waals surface area contributed by atoms with Crippen molar-refractivity contribution in [2.24, 2.45) is 0 Å². The van der Waals surface area contributed by atoms with E-state index in [9.17, 15) is 9.59 Å². The molecule has 0 saturated carbocycles.